The van der Waals surface area contributed by atoms with Gasteiger partial charge < -0.3 is 0 Å². The molecule has 0 fully saturated rings. The summed E-state index contributed by atoms with van der Waals surface area (Å²) in [5, 5.41) is 3.64. The van der Waals surface area contributed by atoms with Crippen LogP contribution in [0.15, 0.2) is 24.7 Å². The van der Waals surface area contributed by atoms with Crippen molar-refractivity contribution in [3.05, 3.63) is 24.7 Å². The van der Waals surface area contributed by atoms with Crippen molar-refractivity contribution in [1.82, 2.24) is 14.8 Å². The van der Waals surface area contributed by atoms with Crippen molar-refractivity contribution in [2.75, 3.05) is 0 Å². The molecule has 0 aromatic carbocycles. The highest BCUT2D eigenvalue weighted by atomic mass is 19.4. The van der Waals surface area contributed by atoms with Crippen molar-refractivity contribution in [1.29, 1.82) is 0 Å². The quantitative estimate of drug-likeness (QED) is 0.630. The van der Waals surface area contributed by atoms with E-state index in [-0.39, 0.29) is 10.2 Å². The summed E-state index contributed by atoms with van der Waals surface area (Å²) in [6.45, 7) is 0. The van der Waals surface area contributed by atoms with Gasteiger partial charge in [-0.1, -0.05) is 0 Å². The molecule has 0 saturated carbocycles. The molecule has 0 aliphatic carbocycles. The summed E-state index contributed by atoms with van der Waals surface area (Å²) in [6.07, 6.45) is -0.768. The standard InChI is InChI=1S/C7H4F3N3/c8-7(9,10)13-6-4-11-2-1-5(6)3-12-13/h1-4H. The average molecular weight is 187 g/mol. The second kappa shape index (κ2) is 2.45. The molecule has 0 N–H and O–H groups in total. The van der Waals surface area contributed by atoms with Crippen LogP contribution in [0.25, 0.3) is 10.9 Å². The molecule has 6 heteroatoms. The maximum atomic E-state index is 12.2. The fourth-order valence-corrected chi connectivity index (χ4v) is 1.07. The molecule has 2 aromatic heterocycles. The minimum Gasteiger partial charge on any atom is -0.262 e. The second-order valence-electron chi connectivity index (χ2n) is 2.46. The molecule has 0 atom stereocenters. The van der Waals surface area contributed by atoms with Gasteiger partial charge in [0.2, 0.25) is 0 Å². The Labute approximate surface area is 70.8 Å². The van der Waals surface area contributed by atoms with Gasteiger partial charge in [-0.3, -0.25) is 4.98 Å². The van der Waals surface area contributed by atoms with Crippen LogP contribution in [0.2, 0.25) is 0 Å². The molecule has 13 heavy (non-hydrogen) atoms. The molecule has 0 unspecified atom stereocenters. The first-order valence-electron chi connectivity index (χ1n) is 3.44. The molecular weight excluding hydrogens is 183 g/mol. The SMILES string of the molecule is FC(F)(F)n1ncc2ccncc21. The van der Waals surface area contributed by atoms with Crippen LogP contribution in [0.4, 0.5) is 13.2 Å². The Hall–Kier alpha value is -1.59. The van der Waals surface area contributed by atoms with E-state index < -0.39 is 6.30 Å². The van der Waals surface area contributed by atoms with E-state index in [0.29, 0.717) is 5.39 Å². The van der Waals surface area contributed by atoms with Crippen LogP contribution >= 0.6 is 0 Å². The maximum absolute atomic E-state index is 12.2. The summed E-state index contributed by atoms with van der Waals surface area (Å²) in [5.74, 6) is 0. The molecule has 0 bridgehead atoms. The van der Waals surface area contributed by atoms with Crippen LogP contribution in [0.1, 0.15) is 0 Å². The van der Waals surface area contributed by atoms with Crippen LogP contribution in [-0.2, 0) is 6.30 Å². The lowest BCUT2D eigenvalue weighted by Gasteiger charge is -2.05. The minimum atomic E-state index is -4.48. The molecule has 2 aromatic rings. The Bertz CT molecular complexity index is 432. The van der Waals surface area contributed by atoms with Crippen molar-refractivity contribution in [3.63, 3.8) is 0 Å². The van der Waals surface area contributed by atoms with Crippen molar-refractivity contribution >= 4 is 10.9 Å². The van der Waals surface area contributed by atoms with E-state index in [1.54, 1.807) is 0 Å². The summed E-state index contributed by atoms with van der Waals surface area (Å²) in [6, 6.07) is 1.48. The van der Waals surface area contributed by atoms with Crippen LogP contribution in [0.3, 0.4) is 0 Å². The molecular formula is C7H4F3N3. The number of halogens is 3. The van der Waals surface area contributed by atoms with Crippen molar-refractivity contribution < 1.29 is 13.2 Å². The molecule has 3 nitrogen and oxygen atoms in total. The predicted molar refractivity (Wildman–Crippen MR) is 38.8 cm³/mol. The molecule has 0 aliphatic rings. The normalized spacial score (nSPS) is 12.2. The second-order valence-corrected chi connectivity index (χ2v) is 2.46. The van der Waals surface area contributed by atoms with Gasteiger partial charge >= 0.3 is 6.30 Å². The summed E-state index contributed by atoms with van der Waals surface area (Å²) < 4.78 is 36.7. The van der Waals surface area contributed by atoms with E-state index in [9.17, 15) is 13.2 Å². The average Bonchev–Trinajstić information content (AvgIpc) is 2.45. The van der Waals surface area contributed by atoms with E-state index >= 15 is 0 Å². The Kier molecular flexibility index (Phi) is 1.51. The topological polar surface area (TPSA) is 30.7 Å². The molecule has 0 radical (unpaired) electrons. The number of nitrogens with zero attached hydrogens (tertiary/aromatic N) is 3. The number of pyridine rings is 1. The fraction of sp³-hybridized carbons (Fsp3) is 0.143. The van der Waals surface area contributed by atoms with E-state index in [2.05, 4.69) is 10.1 Å². The fourth-order valence-electron chi connectivity index (χ4n) is 1.07. The molecule has 0 spiro atoms. The number of hydrogen-bond acceptors (Lipinski definition) is 2. The third-order valence-electron chi connectivity index (χ3n) is 1.61. The zero-order valence-electron chi connectivity index (χ0n) is 6.28. The minimum absolute atomic E-state index is 0.00463. The highest BCUT2D eigenvalue weighted by Crippen LogP contribution is 2.25. The van der Waals surface area contributed by atoms with Crippen molar-refractivity contribution in [2.24, 2.45) is 0 Å². The summed E-state index contributed by atoms with van der Waals surface area (Å²) in [5.41, 5.74) is -0.0324. The Morgan fingerprint density at radius 1 is 1.23 bits per heavy atom. The van der Waals surface area contributed by atoms with Crippen LogP contribution < -0.4 is 0 Å². The molecule has 0 saturated heterocycles. The lowest BCUT2D eigenvalue weighted by atomic mass is 10.3. The lowest BCUT2D eigenvalue weighted by Crippen LogP contribution is -2.17. The third kappa shape index (κ3) is 1.24. The maximum Gasteiger partial charge on any atom is 0.505 e. The van der Waals surface area contributed by atoms with Gasteiger partial charge in [0.1, 0.15) is 0 Å². The van der Waals surface area contributed by atoms with Gasteiger partial charge in [-0.25, -0.2) is 0 Å². The molecule has 0 amide bonds. The van der Waals surface area contributed by atoms with Gasteiger partial charge in [-0.15, -0.1) is 13.2 Å². The van der Waals surface area contributed by atoms with Crippen molar-refractivity contribution in [2.45, 2.75) is 6.30 Å². The first-order valence-corrected chi connectivity index (χ1v) is 3.44. The van der Waals surface area contributed by atoms with Gasteiger partial charge in [0.25, 0.3) is 0 Å². The van der Waals surface area contributed by atoms with Gasteiger partial charge in [-0.05, 0) is 6.07 Å². The van der Waals surface area contributed by atoms with Crippen LogP contribution in [-0.4, -0.2) is 14.8 Å². The largest absolute Gasteiger partial charge is 0.505 e. The monoisotopic (exact) mass is 187 g/mol. The van der Waals surface area contributed by atoms with E-state index in [1.165, 1.54) is 12.3 Å². The lowest BCUT2D eigenvalue weighted by molar-refractivity contribution is -0.209. The summed E-state index contributed by atoms with van der Waals surface area (Å²) >= 11 is 0. The number of alkyl halides is 3. The summed E-state index contributed by atoms with van der Waals surface area (Å²) in [7, 11) is 0. The smallest absolute Gasteiger partial charge is 0.262 e. The van der Waals surface area contributed by atoms with Crippen molar-refractivity contribution in [3.8, 4) is 0 Å². The highest BCUT2D eigenvalue weighted by molar-refractivity contribution is 5.77. The highest BCUT2D eigenvalue weighted by Gasteiger charge is 2.33. The third-order valence-corrected chi connectivity index (χ3v) is 1.61. The molecule has 2 heterocycles. The summed E-state index contributed by atoms with van der Waals surface area (Å²) in [4.78, 5) is 3.60. The Morgan fingerprint density at radius 3 is 2.69 bits per heavy atom. The van der Waals surface area contributed by atoms with Gasteiger partial charge in [0, 0.05) is 11.6 Å². The first-order chi connectivity index (χ1) is 6.09. The number of aromatic nitrogens is 3. The molecule has 68 valence electrons. The number of rotatable bonds is 0. The first kappa shape index (κ1) is 8.03. The van der Waals surface area contributed by atoms with E-state index in [1.807, 2.05) is 0 Å². The van der Waals surface area contributed by atoms with E-state index in [0.717, 1.165) is 12.4 Å². The zero-order valence-corrected chi connectivity index (χ0v) is 6.28. The van der Waals surface area contributed by atoms with Crippen LogP contribution in [0, 0.1) is 0 Å². The Balaban J connectivity index is 2.72. The number of fused-ring (bicyclic) bond motifs is 1. The van der Waals surface area contributed by atoms with E-state index in [4.69, 9.17) is 0 Å². The molecule has 0 aliphatic heterocycles. The van der Waals surface area contributed by atoms with Gasteiger partial charge in [-0.2, -0.15) is 9.78 Å². The van der Waals surface area contributed by atoms with Crippen LogP contribution in [0.5, 0.6) is 0 Å². The molecule has 2 rings (SSSR count). The number of hydrogen-bond donors (Lipinski definition) is 0. The Morgan fingerprint density at radius 2 is 2.00 bits per heavy atom. The zero-order chi connectivity index (χ0) is 9.47. The van der Waals surface area contributed by atoms with Gasteiger partial charge in [0.05, 0.1) is 17.9 Å². The predicted octanol–water partition coefficient (Wildman–Crippen LogP) is 1.91. The van der Waals surface area contributed by atoms with Gasteiger partial charge in [0.15, 0.2) is 0 Å².